The van der Waals surface area contributed by atoms with Crippen molar-refractivity contribution in [3.8, 4) is 11.5 Å². The van der Waals surface area contributed by atoms with Crippen molar-refractivity contribution in [3.05, 3.63) is 72.1 Å². The van der Waals surface area contributed by atoms with Crippen molar-refractivity contribution in [1.82, 2.24) is 15.0 Å². The van der Waals surface area contributed by atoms with Crippen LogP contribution < -0.4 is 0 Å². The Labute approximate surface area is 142 Å². The fraction of sp³-hybridized carbons (Fsp3) is 0.300. The van der Waals surface area contributed by atoms with Crippen LogP contribution in [0.25, 0.3) is 11.5 Å². The first kappa shape index (κ1) is 15.1. The van der Waals surface area contributed by atoms with Crippen molar-refractivity contribution in [2.24, 2.45) is 0 Å². The van der Waals surface area contributed by atoms with E-state index < -0.39 is 0 Å². The van der Waals surface area contributed by atoms with Crippen LogP contribution in [0.1, 0.15) is 24.2 Å². The molecule has 0 unspecified atom stereocenters. The van der Waals surface area contributed by atoms with Crippen molar-refractivity contribution >= 4 is 0 Å². The summed E-state index contributed by atoms with van der Waals surface area (Å²) in [6, 6.07) is 21.2. The summed E-state index contributed by atoms with van der Waals surface area (Å²) in [4.78, 5) is 7.04. The number of benzene rings is 2. The molecule has 0 saturated carbocycles. The van der Waals surface area contributed by atoms with Crippen LogP contribution in [0, 0.1) is 0 Å². The molecule has 122 valence electrons. The van der Waals surface area contributed by atoms with E-state index in [9.17, 15) is 0 Å². The maximum atomic E-state index is 5.43. The molecule has 0 aliphatic carbocycles. The van der Waals surface area contributed by atoms with Gasteiger partial charge < -0.3 is 4.52 Å². The van der Waals surface area contributed by atoms with Gasteiger partial charge in [0, 0.05) is 11.6 Å². The minimum absolute atomic E-state index is 0.561. The number of hydrogen-bond acceptors (Lipinski definition) is 4. The normalized spacial score (nSPS) is 18.1. The topological polar surface area (TPSA) is 42.2 Å². The first-order chi connectivity index (χ1) is 11.9. The van der Waals surface area contributed by atoms with Crippen LogP contribution in [-0.4, -0.2) is 27.6 Å². The Bertz CT molecular complexity index is 770. The van der Waals surface area contributed by atoms with Gasteiger partial charge in [-0.25, -0.2) is 0 Å². The molecule has 24 heavy (non-hydrogen) atoms. The van der Waals surface area contributed by atoms with Crippen LogP contribution in [0.5, 0.6) is 0 Å². The van der Waals surface area contributed by atoms with Gasteiger partial charge in [0.15, 0.2) is 5.82 Å². The fourth-order valence-electron chi connectivity index (χ4n) is 3.42. The molecule has 0 spiro atoms. The van der Waals surface area contributed by atoms with E-state index in [1.54, 1.807) is 0 Å². The number of nitrogens with zero attached hydrogens (tertiary/aromatic N) is 3. The lowest BCUT2D eigenvalue weighted by molar-refractivity contribution is 0.234. The Morgan fingerprint density at radius 2 is 1.75 bits per heavy atom. The second-order valence-corrected chi connectivity index (χ2v) is 6.34. The van der Waals surface area contributed by atoms with Crippen LogP contribution in [0.4, 0.5) is 0 Å². The monoisotopic (exact) mass is 319 g/mol. The summed E-state index contributed by atoms with van der Waals surface area (Å²) in [6.45, 7) is 1.86. The third-order valence-corrected chi connectivity index (χ3v) is 4.65. The van der Waals surface area contributed by atoms with Crippen LogP contribution in [0.15, 0.2) is 65.2 Å². The fourth-order valence-corrected chi connectivity index (χ4v) is 3.42. The molecule has 1 saturated heterocycles. The average Bonchev–Trinajstić information content (AvgIpc) is 3.27. The molecule has 1 fully saturated rings. The van der Waals surface area contributed by atoms with Gasteiger partial charge in [-0.3, -0.25) is 4.90 Å². The summed E-state index contributed by atoms with van der Waals surface area (Å²) in [5.41, 5.74) is 2.37. The highest BCUT2D eigenvalue weighted by Crippen LogP contribution is 2.23. The van der Waals surface area contributed by atoms with Crippen LogP contribution in [0.3, 0.4) is 0 Å². The van der Waals surface area contributed by atoms with Gasteiger partial charge in [-0.05, 0) is 43.5 Å². The summed E-state index contributed by atoms with van der Waals surface area (Å²) in [7, 11) is 0. The minimum atomic E-state index is 0.561. The van der Waals surface area contributed by atoms with Gasteiger partial charge in [0.05, 0.1) is 6.54 Å². The van der Waals surface area contributed by atoms with E-state index in [4.69, 9.17) is 4.52 Å². The van der Waals surface area contributed by atoms with E-state index >= 15 is 0 Å². The van der Waals surface area contributed by atoms with Crippen molar-refractivity contribution < 1.29 is 4.52 Å². The zero-order chi connectivity index (χ0) is 16.2. The molecule has 0 radical (unpaired) electrons. The third-order valence-electron chi connectivity index (χ3n) is 4.65. The standard InChI is InChI=1S/C20H21N3O/c1-3-8-16(9-4-1)14-18-12-7-13-23(18)15-19-21-20(24-22-19)17-10-5-2-6-11-17/h1-6,8-11,18H,7,12-15H2/t18-/m1/s1. The van der Waals surface area contributed by atoms with E-state index in [1.165, 1.54) is 18.4 Å². The highest BCUT2D eigenvalue weighted by atomic mass is 16.5. The van der Waals surface area contributed by atoms with E-state index in [2.05, 4.69) is 45.4 Å². The molecule has 1 aromatic heterocycles. The predicted octanol–water partition coefficient (Wildman–Crippen LogP) is 3.94. The highest BCUT2D eigenvalue weighted by molar-refractivity contribution is 5.51. The molecule has 3 aromatic rings. The van der Waals surface area contributed by atoms with Gasteiger partial charge in [-0.15, -0.1) is 0 Å². The molecular weight excluding hydrogens is 298 g/mol. The molecule has 0 amide bonds. The van der Waals surface area contributed by atoms with Crippen molar-refractivity contribution in [3.63, 3.8) is 0 Å². The molecule has 1 aliphatic heterocycles. The Kier molecular flexibility index (Phi) is 4.38. The lowest BCUT2D eigenvalue weighted by Crippen LogP contribution is -2.31. The van der Waals surface area contributed by atoms with Crippen LogP contribution in [0.2, 0.25) is 0 Å². The second kappa shape index (κ2) is 6.97. The van der Waals surface area contributed by atoms with E-state index in [1.807, 2.05) is 30.3 Å². The predicted molar refractivity (Wildman–Crippen MR) is 93.3 cm³/mol. The Balaban J connectivity index is 1.44. The summed E-state index contributed by atoms with van der Waals surface area (Å²) in [5.74, 6) is 1.37. The van der Waals surface area contributed by atoms with Crippen molar-refractivity contribution in [1.29, 1.82) is 0 Å². The second-order valence-electron chi connectivity index (χ2n) is 6.34. The molecule has 2 aromatic carbocycles. The van der Waals surface area contributed by atoms with E-state index in [-0.39, 0.29) is 0 Å². The molecule has 4 nitrogen and oxygen atoms in total. The maximum Gasteiger partial charge on any atom is 0.257 e. The van der Waals surface area contributed by atoms with Gasteiger partial charge in [-0.1, -0.05) is 53.7 Å². The highest BCUT2D eigenvalue weighted by Gasteiger charge is 2.26. The van der Waals surface area contributed by atoms with E-state index in [0.717, 1.165) is 30.9 Å². The first-order valence-corrected chi connectivity index (χ1v) is 8.54. The van der Waals surface area contributed by atoms with Crippen molar-refractivity contribution in [2.75, 3.05) is 6.54 Å². The average molecular weight is 319 g/mol. The van der Waals surface area contributed by atoms with Crippen LogP contribution >= 0.6 is 0 Å². The molecule has 0 N–H and O–H groups in total. The minimum Gasteiger partial charge on any atom is -0.334 e. The Morgan fingerprint density at radius 1 is 1.00 bits per heavy atom. The zero-order valence-corrected chi connectivity index (χ0v) is 13.6. The molecule has 1 aliphatic rings. The Hall–Kier alpha value is -2.46. The molecule has 0 bridgehead atoms. The number of hydrogen-bond donors (Lipinski definition) is 0. The lowest BCUT2D eigenvalue weighted by Gasteiger charge is -2.22. The smallest absolute Gasteiger partial charge is 0.257 e. The van der Waals surface area contributed by atoms with Gasteiger partial charge >= 0.3 is 0 Å². The largest absolute Gasteiger partial charge is 0.334 e. The van der Waals surface area contributed by atoms with Gasteiger partial charge in [0.25, 0.3) is 5.89 Å². The Morgan fingerprint density at radius 3 is 2.54 bits per heavy atom. The lowest BCUT2D eigenvalue weighted by atomic mass is 10.0. The van der Waals surface area contributed by atoms with Crippen LogP contribution in [-0.2, 0) is 13.0 Å². The van der Waals surface area contributed by atoms with E-state index in [0.29, 0.717) is 11.9 Å². The van der Waals surface area contributed by atoms with Gasteiger partial charge in [-0.2, -0.15) is 4.98 Å². The summed E-state index contributed by atoms with van der Waals surface area (Å²) < 4.78 is 5.43. The number of likely N-dealkylation sites (tertiary alicyclic amines) is 1. The third kappa shape index (κ3) is 3.39. The van der Waals surface area contributed by atoms with Crippen molar-refractivity contribution in [2.45, 2.75) is 31.8 Å². The number of rotatable bonds is 5. The molecule has 1 atom stereocenters. The summed E-state index contributed by atoms with van der Waals surface area (Å²) in [6.07, 6.45) is 3.56. The maximum absolute atomic E-state index is 5.43. The quantitative estimate of drug-likeness (QED) is 0.714. The summed E-state index contributed by atoms with van der Waals surface area (Å²) >= 11 is 0. The molecule has 4 heteroatoms. The zero-order valence-electron chi connectivity index (χ0n) is 13.6. The number of aromatic nitrogens is 2. The molecule has 2 heterocycles. The summed E-state index contributed by atoms with van der Waals surface area (Å²) in [5, 5.41) is 4.17. The SMILES string of the molecule is c1ccc(C[C@H]2CCCN2Cc2noc(-c3ccccc3)n2)cc1. The van der Waals surface area contributed by atoms with Gasteiger partial charge in [0.1, 0.15) is 0 Å². The molecular formula is C20H21N3O. The van der Waals surface area contributed by atoms with Gasteiger partial charge in [0.2, 0.25) is 0 Å². The first-order valence-electron chi connectivity index (χ1n) is 8.54. The molecule has 4 rings (SSSR count).